The van der Waals surface area contributed by atoms with Gasteiger partial charge in [0.15, 0.2) is 0 Å². The highest BCUT2D eigenvalue weighted by Crippen LogP contribution is 2.35. The molecule has 0 bridgehead atoms. The first-order valence-corrected chi connectivity index (χ1v) is 20.8. The van der Waals surface area contributed by atoms with E-state index in [-0.39, 0.29) is 24.3 Å². The van der Waals surface area contributed by atoms with E-state index in [4.69, 9.17) is 19.2 Å². The van der Waals surface area contributed by atoms with Crippen LogP contribution in [0.25, 0.3) is 22.2 Å². The predicted octanol–water partition coefficient (Wildman–Crippen LogP) is 6.29. The van der Waals surface area contributed by atoms with Crippen molar-refractivity contribution >= 4 is 44.7 Å². The third-order valence-electron chi connectivity index (χ3n) is 9.77. The van der Waals surface area contributed by atoms with Gasteiger partial charge in [0, 0.05) is 29.5 Å². The van der Waals surface area contributed by atoms with Gasteiger partial charge in [-0.2, -0.15) is 0 Å². The number of carbonyl (C=O) groups is 4. The molecule has 3 aromatic carbocycles. The highest BCUT2D eigenvalue weighted by Gasteiger charge is 2.48. The zero-order valence-electron chi connectivity index (χ0n) is 35.0. The van der Waals surface area contributed by atoms with Crippen molar-refractivity contribution in [3.8, 4) is 22.8 Å². The van der Waals surface area contributed by atoms with E-state index in [1.54, 1.807) is 72.9 Å². The van der Waals surface area contributed by atoms with Crippen molar-refractivity contribution in [2.75, 3.05) is 13.7 Å². The zero-order valence-corrected chi connectivity index (χ0v) is 35.8. The number of carbonyl (C=O) groups excluding carboxylic acids is 4. The van der Waals surface area contributed by atoms with E-state index in [0.717, 1.165) is 29.8 Å². The molecule has 60 heavy (non-hydrogen) atoms. The third-order valence-corrected chi connectivity index (χ3v) is 11.1. The van der Waals surface area contributed by atoms with Crippen molar-refractivity contribution in [1.82, 2.24) is 25.2 Å². The monoisotopic (exact) mass is 845 g/mol. The van der Waals surface area contributed by atoms with Gasteiger partial charge in [0.2, 0.25) is 11.8 Å². The van der Waals surface area contributed by atoms with Crippen molar-refractivity contribution in [2.45, 2.75) is 95.5 Å². The molecule has 1 fully saturated rings. The summed E-state index contributed by atoms with van der Waals surface area (Å²) in [6.45, 7) is 15.2. The molecule has 0 spiro atoms. The number of aromatic nitrogens is 1. The number of ether oxygens (including phenoxy) is 3. The highest BCUT2D eigenvalue weighted by molar-refractivity contribution is 7.90. The Morgan fingerprint density at radius 1 is 0.967 bits per heavy atom. The molecule has 3 N–H and O–H groups in total. The fourth-order valence-corrected chi connectivity index (χ4v) is 7.79. The summed E-state index contributed by atoms with van der Waals surface area (Å²) in [6.07, 6.45) is -0.595. The standard InChI is InChI=1S/C44H52FN5O9S/c1-10-22-44(8,40(53)49-60(55,56)31-19-16-28(45)17-20-31)48-38(51)35-24-30(26-50(35)39(52)37(42(2,3)4)47-41(54)59-43(5,6)7)58-36-25-33(27-14-12-11-13-15-27)46-34-23-29(57-9)18-21-32(34)36/h10-21,23,25,30,35,37H,1,22,24,26H2,2-9H3,(H,47,54)(H,48,51)(H,49,53)/t30-,35+,37?,44+/m1/s1. The van der Waals surface area contributed by atoms with Crippen LogP contribution in [0.3, 0.4) is 0 Å². The van der Waals surface area contributed by atoms with E-state index in [2.05, 4.69) is 17.2 Å². The van der Waals surface area contributed by atoms with Crippen LogP contribution in [-0.4, -0.2) is 85.1 Å². The smallest absolute Gasteiger partial charge is 0.408 e. The molecule has 1 aromatic heterocycles. The highest BCUT2D eigenvalue weighted by atomic mass is 32.2. The molecule has 0 saturated carbocycles. The van der Waals surface area contributed by atoms with Crippen molar-refractivity contribution < 1.29 is 46.2 Å². The summed E-state index contributed by atoms with van der Waals surface area (Å²) < 4.78 is 59.5. The minimum atomic E-state index is -4.50. The van der Waals surface area contributed by atoms with Crippen molar-refractivity contribution in [1.29, 1.82) is 0 Å². The summed E-state index contributed by atoms with van der Waals surface area (Å²) >= 11 is 0. The molecule has 14 nitrogen and oxygen atoms in total. The number of alkyl carbamates (subject to hydrolysis) is 1. The first-order chi connectivity index (χ1) is 28.0. The quantitative estimate of drug-likeness (QED) is 0.129. The number of pyridine rings is 1. The summed E-state index contributed by atoms with van der Waals surface area (Å²) in [7, 11) is -2.95. The fraction of sp³-hybridized carbons (Fsp3) is 0.386. The molecule has 5 rings (SSSR count). The number of halogens is 1. The topological polar surface area (TPSA) is 182 Å². The number of methoxy groups -OCH3 is 1. The fourth-order valence-electron chi connectivity index (χ4n) is 6.70. The average Bonchev–Trinajstić information content (AvgIpc) is 3.59. The SMILES string of the molecule is C=CC[C@](C)(NC(=O)[C@@H]1C[C@@H](Oc2cc(-c3ccccc3)nc3cc(OC)ccc23)CN1C(=O)C(NC(=O)OC(C)(C)C)C(C)(C)C)C(=O)NS(=O)(=O)c1ccc(F)cc1. The number of nitrogens with one attached hydrogen (secondary N) is 3. The Morgan fingerprint density at radius 2 is 1.63 bits per heavy atom. The Bertz CT molecular complexity index is 2360. The number of hydrogen-bond donors (Lipinski definition) is 3. The lowest BCUT2D eigenvalue weighted by Crippen LogP contribution is -2.62. The molecule has 2 heterocycles. The lowest BCUT2D eigenvalue weighted by atomic mass is 9.85. The van der Waals surface area contributed by atoms with Gasteiger partial charge in [-0.25, -0.2) is 27.3 Å². The van der Waals surface area contributed by atoms with E-state index in [9.17, 15) is 32.0 Å². The van der Waals surface area contributed by atoms with Crippen molar-refractivity contribution in [2.24, 2.45) is 5.41 Å². The third kappa shape index (κ3) is 10.8. The Hall–Kier alpha value is -6.03. The van der Waals surface area contributed by atoms with E-state index in [0.29, 0.717) is 28.1 Å². The Kier molecular flexibility index (Phi) is 13.3. The van der Waals surface area contributed by atoms with Crippen LogP contribution in [0.1, 0.15) is 61.3 Å². The van der Waals surface area contributed by atoms with Crippen LogP contribution < -0.4 is 24.8 Å². The molecular weight excluding hydrogens is 794 g/mol. The van der Waals surface area contributed by atoms with Crippen LogP contribution in [-0.2, 0) is 29.1 Å². The number of benzene rings is 3. The minimum absolute atomic E-state index is 0.0683. The van der Waals surface area contributed by atoms with Gasteiger partial charge in [0.25, 0.3) is 15.9 Å². The molecule has 1 aliphatic heterocycles. The molecule has 16 heteroatoms. The minimum Gasteiger partial charge on any atom is -0.497 e. The predicted molar refractivity (Wildman–Crippen MR) is 224 cm³/mol. The van der Waals surface area contributed by atoms with Crippen LogP contribution in [0, 0.1) is 11.2 Å². The maximum absolute atomic E-state index is 14.7. The van der Waals surface area contributed by atoms with Gasteiger partial charge < -0.3 is 29.7 Å². The molecule has 4 aromatic rings. The normalized spacial score (nSPS) is 17.2. The van der Waals surface area contributed by atoms with E-state index < -0.39 is 74.4 Å². The second-order valence-electron chi connectivity index (χ2n) is 16.9. The maximum atomic E-state index is 14.7. The Labute approximate surface area is 349 Å². The van der Waals surface area contributed by atoms with Crippen molar-refractivity contribution in [3.63, 3.8) is 0 Å². The van der Waals surface area contributed by atoms with Gasteiger partial charge in [-0.1, -0.05) is 57.2 Å². The van der Waals surface area contributed by atoms with Gasteiger partial charge >= 0.3 is 6.09 Å². The number of fused-ring (bicyclic) bond motifs is 1. The number of sulfonamides is 1. The maximum Gasteiger partial charge on any atom is 0.408 e. The number of hydrogen-bond acceptors (Lipinski definition) is 10. The summed E-state index contributed by atoms with van der Waals surface area (Å²) in [6, 6.07) is 18.0. The van der Waals surface area contributed by atoms with Crippen LogP contribution >= 0.6 is 0 Å². The van der Waals surface area contributed by atoms with Gasteiger partial charge in [-0.15, -0.1) is 6.58 Å². The number of amides is 4. The molecule has 0 radical (unpaired) electrons. The molecule has 320 valence electrons. The zero-order chi connectivity index (χ0) is 44.2. The number of rotatable bonds is 13. The summed E-state index contributed by atoms with van der Waals surface area (Å²) in [5.41, 5.74) is -1.67. The van der Waals surface area contributed by atoms with Crippen LogP contribution in [0.5, 0.6) is 11.5 Å². The average molecular weight is 846 g/mol. The summed E-state index contributed by atoms with van der Waals surface area (Å²) in [5.74, 6) is -2.21. The molecule has 0 aliphatic carbocycles. The second-order valence-corrected chi connectivity index (χ2v) is 18.6. The molecule has 1 saturated heterocycles. The van der Waals surface area contributed by atoms with E-state index in [1.807, 2.05) is 35.1 Å². The van der Waals surface area contributed by atoms with Gasteiger partial charge in [0.1, 0.15) is 46.6 Å². The summed E-state index contributed by atoms with van der Waals surface area (Å²) in [5, 5.41) is 6.01. The van der Waals surface area contributed by atoms with E-state index in [1.165, 1.54) is 17.9 Å². The lowest BCUT2D eigenvalue weighted by Gasteiger charge is -2.36. The molecule has 1 unspecified atom stereocenters. The molecular formula is C44H52FN5O9S. The van der Waals surface area contributed by atoms with Gasteiger partial charge in [-0.3, -0.25) is 14.4 Å². The van der Waals surface area contributed by atoms with Crippen LogP contribution in [0.4, 0.5) is 9.18 Å². The largest absolute Gasteiger partial charge is 0.497 e. The van der Waals surface area contributed by atoms with Gasteiger partial charge in [-0.05, 0) is 75.9 Å². The number of nitrogens with zero attached hydrogens (tertiary/aromatic N) is 2. The number of likely N-dealkylation sites (tertiary alicyclic amines) is 1. The Balaban J connectivity index is 1.52. The molecule has 4 atom stereocenters. The Morgan fingerprint density at radius 3 is 2.23 bits per heavy atom. The summed E-state index contributed by atoms with van der Waals surface area (Å²) in [4.78, 5) is 61.9. The second kappa shape index (κ2) is 17.7. The first kappa shape index (κ1) is 45.1. The molecule has 1 aliphatic rings. The van der Waals surface area contributed by atoms with Crippen LogP contribution in [0.15, 0.2) is 96.4 Å². The van der Waals surface area contributed by atoms with E-state index >= 15 is 0 Å². The van der Waals surface area contributed by atoms with Gasteiger partial charge in [0.05, 0.1) is 29.8 Å². The van der Waals surface area contributed by atoms with Crippen LogP contribution in [0.2, 0.25) is 0 Å². The van der Waals surface area contributed by atoms with Crippen molar-refractivity contribution in [3.05, 3.63) is 97.3 Å². The molecule has 4 amide bonds. The lowest BCUT2D eigenvalue weighted by molar-refractivity contribution is -0.143. The first-order valence-electron chi connectivity index (χ1n) is 19.3.